The molecule has 0 radical (unpaired) electrons. The van der Waals surface area contributed by atoms with Gasteiger partial charge in [0.05, 0.1) is 12.5 Å². The minimum atomic E-state index is -1.05. The molecule has 2 N–H and O–H groups in total. The Morgan fingerprint density at radius 3 is 2.42 bits per heavy atom. The summed E-state index contributed by atoms with van der Waals surface area (Å²) in [6, 6.07) is 7.68. The summed E-state index contributed by atoms with van der Waals surface area (Å²) in [7, 11) is 1.32. The van der Waals surface area contributed by atoms with Crippen molar-refractivity contribution in [2.24, 2.45) is 7.05 Å². The molecular formula is C17H19N3O5S. The van der Waals surface area contributed by atoms with Crippen LogP contribution in [0.1, 0.15) is 18.0 Å². The minimum Gasteiger partial charge on any atom is -0.481 e. The van der Waals surface area contributed by atoms with Crippen LogP contribution in [0.3, 0.4) is 0 Å². The van der Waals surface area contributed by atoms with Crippen molar-refractivity contribution in [2.75, 3.05) is 6.26 Å². The maximum absolute atomic E-state index is 12.3. The smallest absolute Gasteiger partial charge is 0.331 e. The van der Waals surface area contributed by atoms with Crippen LogP contribution < -0.4 is 16.6 Å². The zero-order valence-corrected chi connectivity index (χ0v) is 15.2. The lowest BCUT2D eigenvalue weighted by Crippen LogP contribution is -2.41. The molecule has 0 aliphatic rings. The highest BCUT2D eigenvalue weighted by molar-refractivity contribution is 7.98. The van der Waals surface area contributed by atoms with Crippen molar-refractivity contribution in [3.63, 3.8) is 0 Å². The molecule has 26 heavy (non-hydrogen) atoms. The lowest BCUT2D eigenvalue weighted by molar-refractivity contribution is -0.137. The SMILES string of the molecule is CSc1ccc(C(CC(=O)O)NC(=O)Cn2ccc(=O)n(C)c2=O)cc1. The predicted molar refractivity (Wildman–Crippen MR) is 97.3 cm³/mol. The predicted octanol–water partition coefficient (Wildman–Crippen LogP) is 0.601. The van der Waals surface area contributed by atoms with Crippen molar-refractivity contribution in [3.8, 4) is 0 Å². The van der Waals surface area contributed by atoms with Gasteiger partial charge in [-0.1, -0.05) is 12.1 Å². The standard InChI is InChI=1S/C17H19N3O5S/c1-19-15(22)7-8-20(17(19)25)10-14(21)18-13(9-16(23)24)11-3-5-12(26-2)6-4-11/h3-8,13H,9-10H2,1-2H3,(H,18,21)(H,23,24). The van der Waals surface area contributed by atoms with E-state index in [9.17, 15) is 19.2 Å². The normalized spacial score (nSPS) is 11.8. The maximum atomic E-state index is 12.3. The number of carboxylic acid groups (broad SMARTS) is 1. The Kier molecular flexibility index (Phi) is 6.40. The number of hydrogen-bond donors (Lipinski definition) is 2. The summed E-state index contributed by atoms with van der Waals surface area (Å²) in [4.78, 5) is 47.8. The number of carbonyl (C=O) groups is 2. The number of amides is 1. The van der Waals surface area contributed by atoms with Crippen LogP contribution in [0.4, 0.5) is 0 Å². The Hall–Kier alpha value is -2.81. The van der Waals surface area contributed by atoms with Gasteiger partial charge in [-0.05, 0) is 24.0 Å². The van der Waals surface area contributed by atoms with Crippen LogP contribution in [0.2, 0.25) is 0 Å². The lowest BCUT2D eigenvalue weighted by Gasteiger charge is -2.18. The highest BCUT2D eigenvalue weighted by Gasteiger charge is 2.19. The number of benzene rings is 1. The molecule has 1 aromatic heterocycles. The second-order valence-corrected chi connectivity index (χ2v) is 6.49. The van der Waals surface area contributed by atoms with E-state index < -0.39 is 29.2 Å². The minimum absolute atomic E-state index is 0.285. The molecular weight excluding hydrogens is 358 g/mol. The molecule has 0 saturated heterocycles. The zero-order valence-electron chi connectivity index (χ0n) is 14.3. The van der Waals surface area contributed by atoms with Gasteiger partial charge in [0, 0.05) is 24.2 Å². The third-order valence-electron chi connectivity index (χ3n) is 3.81. The topological polar surface area (TPSA) is 110 Å². The maximum Gasteiger partial charge on any atom is 0.331 e. The van der Waals surface area contributed by atoms with Crippen LogP contribution in [0, 0.1) is 0 Å². The van der Waals surface area contributed by atoms with Gasteiger partial charge in [-0.3, -0.25) is 23.5 Å². The molecule has 0 aliphatic heterocycles. The molecule has 1 heterocycles. The number of nitrogens with zero attached hydrogens (tertiary/aromatic N) is 2. The molecule has 1 amide bonds. The number of hydrogen-bond acceptors (Lipinski definition) is 5. The fraction of sp³-hybridized carbons (Fsp3) is 0.294. The number of aliphatic carboxylic acids is 1. The number of thioether (sulfide) groups is 1. The Labute approximate surface area is 153 Å². The quantitative estimate of drug-likeness (QED) is 0.684. The van der Waals surface area contributed by atoms with Gasteiger partial charge in [-0.15, -0.1) is 11.8 Å². The van der Waals surface area contributed by atoms with Gasteiger partial charge >= 0.3 is 11.7 Å². The number of carbonyl (C=O) groups excluding carboxylic acids is 1. The zero-order chi connectivity index (χ0) is 19.3. The Morgan fingerprint density at radius 1 is 1.19 bits per heavy atom. The van der Waals surface area contributed by atoms with Crippen LogP contribution in [0.5, 0.6) is 0 Å². The number of nitrogens with one attached hydrogen (secondary N) is 1. The molecule has 1 aromatic carbocycles. The first kappa shape index (κ1) is 19.5. The second kappa shape index (κ2) is 8.52. The first-order valence-electron chi connectivity index (χ1n) is 7.73. The molecule has 2 rings (SSSR count). The van der Waals surface area contributed by atoms with E-state index in [2.05, 4.69) is 5.32 Å². The van der Waals surface area contributed by atoms with E-state index >= 15 is 0 Å². The van der Waals surface area contributed by atoms with Gasteiger partial charge in [-0.2, -0.15) is 0 Å². The van der Waals surface area contributed by atoms with E-state index in [0.717, 1.165) is 14.0 Å². The van der Waals surface area contributed by atoms with Crippen molar-refractivity contribution >= 4 is 23.6 Å². The monoisotopic (exact) mass is 377 g/mol. The van der Waals surface area contributed by atoms with E-state index in [1.807, 2.05) is 18.4 Å². The van der Waals surface area contributed by atoms with Crippen LogP contribution in [-0.4, -0.2) is 32.4 Å². The van der Waals surface area contributed by atoms with Crippen molar-refractivity contribution in [1.82, 2.24) is 14.5 Å². The van der Waals surface area contributed by atoms with Crippen molar-refractivity contribution in [3.05, 3.63) is 62.9 Å². The molecule has 1 atom stereocenters. The number of aromatic nitrogens is 2. The van der Waals surface area contributed by atoms with Gasteiger partial charge in [0.2, 0.25) is 5.91 Å². The van der Waals surface area contributed by atoms with E-state index in [4.69, 9.17) is 5.11 Å². The largest absolute Gasteiger partial charge is 0.481 e. The summed E-state index contributed by atoms with van der Waals surface area (Å²) in [6.07, 6.45) is 2.88. The Balaban J connectivity index is 2.18. The third-order valence-corrected chi connectivity index (χ3v) is 4.55. The Morgan fingerprint density at radius 2 is 1.85 bits per heavy atom. The van der Waals surface area contributed by atoms with Crippen LogP contribution in [0.15, 0.2) is 51.0 Å². The van der Waals surface area contributed by atoms with Crippen LogP contribution in [-0.2, 0) is 23.2 Å². The van der Waals surface area contributed by atoms with E-state index in [-0.39, 0.29) is 13.0 Å². The second-order valence-electron chi connectivity index (χ2n) is 5.61. The molecule has 0 fully saturated rings. The van der Waals surface area contributed by atoms with Gasteiger partial charge in [0.15, 0.2) is 0 Å². The molecule has 8 nitrogen and oxygen atoms in total. The van der Waals surface area contributed by atoms with Gasteiger partial charge < -0.3 is 10.4 Å². The van der Waals surface area contributed by atoms with Gasteiger partial charge in [-0.25, -0.2) is 4.79 Å². The number of rotatable bonds is 7. The highest BCUT2D eigenvalue weighted by atomic mass is 32.2. The summed E-state index contributed by atoms with van der Waals surface area (Å²) in [6.45, 7) is -0.314. The molecule has 1 unspecified atom stereocenters. The molecule has 2 aromatic rings. The first-order chi connectivity index (χ1) is 12.3. The van der Waals surface area contributed by atoms with Gasteiger partial charge in [0.1, 0.15) is 6.54 Å². The average molecular weight is 377 g/mol. The van der Waals surface area contributed by atoms with Gasteiger partial charge in [0.25, 0.3) is 5.56 Å². The summed E-state index contributed by atoms with van der Waals surface area (Å²) in [5.41, 5.74) is -0.428. The molecule has 138 valence electrons. The molecule has 0 spiro atoms. The Bertz CT molecular complexity index is 917. The third kappa shape index (κ3) is 4.85. The molecule has 9 heteroatoms. The summed E-state index contributed by atoms with van der Waals surface area (Å²) >= 11 is 1.55. The number of carboxylic acids is 1. The van der Waals surface area contributed by atoms with Crippen molar-refractivity contribution in [2.45, 2.75) is 23.9 Å². The average Bonchev–Trinajstić information content (AvgIpc) is 2.61. The van der Waals surface area contributed by atoms with E-state index in [0.29, 0.717) is 5.56 Å². The summed E-state index contributed by atoms with van der Waals surface area (Å²) in [5.74, 6) is -1.57. The van der Waals surface area contributed by atoms with E-state index in [1.165, 1.54) is 19.3 Å². The lowest BCUT2D eigenvalue weighted by atomic mass is 10.0. The highest BCUT2D eigenvalue weighted by Crippen LogP contribution is 2.21. The van der Waals surface area contributed by atoms with Crippen molar-refractivity contribution < 1.29 is 14.7 Å². The van der Waals surface area contributed by atoms with Crippen LogP contribution >= 0.6 is 11.8 Å². The molecule has 0 aliphatic carbocycles. The van der Waals surface area contributed by atoms with Crippen LogP contribution in [0.25, 0.3) is 0 Å². The fourth-order valence-corrected chi connectivity index (χ4v) is 2.80. The van der Waals surface area contributed by atoms with E-state index in [1.54, 1.807) is 23.9 Å². The van der Waals surface area contributed by atoms with Crippen molar-refractivity contribution in [1.29, 1.82) is 0 Å². The summed E-state index contributed by atoms with van der Waals surface area (Å²) in [5, 5.41) is 11.7. The molecule has 0 bridgehead atoms. The summed E-state index contributed by atoms with van der Waals surface area (Å²) < 4.78 is 1.98. The molecule has 0 saturated carbocycles. The first-order valence-corrected chi connectivity index (χ1v) is 8.96. The fourth-order valence-electron chi connectivity index (χ4n) is 2.39.